The highest BCUT2D eigenvalue weighted by Gasteiger charge is 2.10. The van der Waals surface area contributed by atoms with E-state index in [0.29, 0.717) is 11.5 Å². The fraction of sp³-hybridized carbons (Fsp3) is 0. The van der Waals surface area contributed by atoms with Crippen LogP contribution >= 0.6 is 0 Å². The Bertz CT molecular complexity index is 1200. The molecule has 8 heteroatoms. The molecule has 0 saturated carbocycles. The van der Waals surface area contributed by atoms with Gasteiger partial charge in [0.25, 0.3) is 0 Å². The van der Waals surface area contributed by atoms with Gasteiger partial charge in [0, 0.05) is 34.4 Å². The molecule has 2 heterocycles. The van der Waals surface area contributed by atoms with E-state index in [9.17, 15) is 8.42 Å². The van der Waals surface area contributed by atoms with Crippen molar-refractivity contribution in [3.05, 3.63) is 67.1 Å². The Morgan fingerprint density at radius 1 is 1.00 bits per heavy atom. The van der Waals surface area contributed by atoms with Crippen LogP contribution in [0.4, 0.5) is 11.5 Å². The number of aromatic nitrogens is 3. The molecule has 4 rings (SSSR count). The van der Waals surface area contributed by atoms with Crippen molar-refractivity contribution in [3.63, 3.8) is 0 Å². The molecule has 0 aliphatic heterocycles. The third-order valence-corrected chi connectivity index (χ3v) is 4.88. The Hall–Kier alpha value is -3.23. The van der Waals surface area contributed by atoms with Crippen molar-refractivity contribution in [1.82, 2.24) is 15.0 Å². The number of aromatic amines is 1. The summed E-state index contributed by atoms with van der Waals surface area (Å²) in [7, 11) is -3.76. The lowest BCUT2D eigenvalue weighted by molar-refractivity contribution is 0.598. The molecule has 0 spiro atoms. The zero-order chi connectivity index (χ0) is 18.1. The fourth-order valence-electron chi connectivity index (χ4n) is 2.76. The third kappa shape index (κ3) is 3.15. The fourth-order valence-corrected chi connectivity index (χ4v) is 3.31. The van der Waals surface area contributed by atoms with Gasteiger partial charge in [0.15, 0.2) is 0 Å². The smallest absolute Gasteiger partial charge is 0.238 e. The van der Waals surface area contributed by atoms with Crippen LogP contribution in [0.3, 0.4) is 0 Å². The summed E-state index contributed by atoms with van der Waals surface area (Å²) in [4.78, 5) is 11.8. The van der Waals surface area contributed by atoms with Crippen LogP contribution in [0.15, 0.2) is 72.0 Å². The second-order valence-electron chi connectivity index (χ2n) is 5.73. The number of rotatable bonds is 4. The number of nitrogens with one attached hydrogen (secondary N) is 2. The van der Waals surface area contributed by atoms with Gasteiger partial charge < -0.3 is 10.3 Å². The molecule has 26 heavy (non-hydrogen) atoms. The molecule has 7 nitrogen and oxygen atoms in total. The molecule has 0 bridgehead atoms. The number of nitrogens with two attached hydrogens (primary N) is 1. The second kappa shape index (κ2) is 6.25. The van der Waals surface area contributed by atoms with Crippen molar-refractivity contribution in [2.24, 2.45) is 5.14 Å². The molecule has 0 amide bonds. The third-order valence-electron chi connectivity index (χ3n) is 3.97. The van der Waals surface area contributed by atoms with Gasteiger partial charge in [0.1, 0.15) is 12.1 Å². The molecule has 0 aliphatic carbocycles. The topological polar surface area (TPSA) is 114 Å². The van der Waals surface area contributed by atoms with Crippen LogP contribution in [-0.4, -0.2) is 23.4 Å². The molecule has 4 aromatic rings. The van der Waals surface area contributed by atoms with Crippen LogP contribution < -0.4 is 10.5 Å². The first-order chi connectivity index (χ1) is 12.5. The Labute approximate surface area is 150 Å². The molecule has 0 aliphatic rings. The van der Waals surface area contributed by atoms with Crippen LogP contribution in [0.25, 0.3) is 22.2 Å². The van der Waals surface area contributed by atoms with Gasteiger partial charge in [-0.3, -0.25) is 0 Å². The SMILES string of the molecule is NS(=O)(=O)c1cccc(Nc2cc(-c3c[nH]c4ccccc34)ncn2)c1. The zero-order valence-electron chi connectivity index (χ0n) is 13.5. The normalized spacial score (nSPS) is 11.6. The quantitative estimate of drug-likeness (QED) is 0.514. The predicted molar refractivity (Wildman–Crippen MR) is 100 cm³/mol. The molecular weight excluding hydrogens is 350 g/mol. The first-order valence-electron chi connectivity index (χ1n) is 7.79. The predicted octanol–water partition coefficient (Wildman–Crippen LogP) is 3.02. The Balaban J connectivity index is 1.69. The van der Waals surface area contributed by atoms with Crippen molar-refractivity contribution < 1.29 is 8.42 Å². The zero-order valence-corrected chi connectivity index (χ0v) is 14.4. The van der Waals surface area contributed by atoms with Crippen LogP contribution in [0.2, 0.25) is 0 Å². The summed E-state index contributed by atoms with van der Waals surface area (Å²) in [6.45, 7) is 0. The monoisotopic (exact) mass is 365 g/mol. The average Bonchev–Trinajstić information content (AvgIpc) is 3.06. The molecule has 0 atom stereocenters. The van der Waals surface area contributed by atoms with Gasteiger partial charge in [0.2, 0.25) is 10.0 Å². The minimum Gasteiger partial charge on any atom is -0.360 e. The van der Waals surface area contributed by atoms with E-state index >= 15 is 0 Å². The number of primary sulfonamides is 1. The molecule has 2 aromatic heterocycles. The maximum Gasteiger partial charge on any atom is 0.238 e. The largest absolute Gasteiger partial charge is 0.360 e. The Morgan fingerprint density at radius 3 is 2.69 bits per heavy atom. The first kappa shape index (κ1) is 16.2. The number of para-hydroxylation sites is 1. The Kier molecular flexibility index (Phi) is 3.90. The van der Waals surface area contributed by atoms with Gasteiger partial charge in [0.05, 0.1) is 10.6 Å². The van der Waals surface area contributed by atoms with Gasteiger partial charge in [-0.05, 0) is 24.3 Å². The lowest BCUT2D eigenvalue weighted by atomic mass is 10.1. The molecule has 2 aromatic carbocycles. The number of sulfonamides is 1. The molecule has 4 N–H and O–H groups in total. The van der Waals surface area contributed by atoms with Crippen LogP contribution in [0.5, 0.6) is 0 Å². The van der Waals surface area contributed by atoms with Crippen LogP contribution in [-0.2, 0) is 10.0 Å². The summed E-state index contributed by atoms with van der Waals surface area (Å²) in [6, 6.07) is 16.0. The highest BCUT2D eigenvalue weighted by atomic mass is 32.2. The molecule has 0 unspecified atom stereocenters. The molecule has 0 fully saturated rings. The van der Waals surface area contributed by atoms with Gasteiger partial charge >= 0.3 is 0 Å². The van der Waals surface area contributed by atoms with Gasteiger partial charge in [-0.1, -0.05) is 24.3 Å². The van der Waals surface area contributed by atoms with Crippen LogP contribution in [0, 0.1) is 0 Å². The van der Waals surface area contributed by atoms with E-state index in [0.717, 1.165) is 22.2 Å². The highest BCUT2D eigenvalue weighted by Crippen LogP contribution is 2.28. The molecule has 0 radical (unpaired) electrons. The van der Waals surface area contributed by atoms with Gasteiger partial charge in [-0.2, -0.15) is 0 Å². The highest BCUT2D eigenvalue weighted by molar-refractivity contribution is 7.89. The number of hydrogen-bond donors (Lipinski definition) is 3. The van der Waals surface area contributed by atoms with Crippen molar-refractivity contribution in [2.75, 3.05) is 5.32 Å². The van der Waals surface area contributed by atoms with E-state index in [2.05, 4.69) is 20.3 Å². The van der Waals surface area contributed by atoms with E-state index in [-0.39, 0.29) is 4.90 Å². The second-order valence-corrected chi connectivity index (χ2v) is 7.30. The summed E-state index contributed by atoms with van der Waals surface area (Å²) >= 11 is 0. The minimum atomic E-state index is -3.76. The molecular formula is C18H15N5O2S. The van der Waals surface area contributed by atoms with E-state index < -0.39 is 10.0 Å². The molecule has 130 valence electrons. The minimum absolute atomic E-state index is 0.0356. The number of benzene rings is 2. The number of fused-ring (bicyclic) bond motifs is 1. The summed E-state index contributed by atoms with van der Waals surface area (Å²) < 4.78 is 23.0. The average molecular weight is 365 g/mol. The van der Waals surface area contributed by atoms with E-state index in [1.807, 2.05) is 30.5 Å². The summed E-state index contributed by atoms with van der Waals surface area (Å²) in [5, 5.41) is 9.32. The van der Waals surface area contributed by atoms with Crippen molar-refractivity contribution in [3.8, 4) is 11.3 Å². The van der Waals surface area contributed by atoms with Crippen molar-refractivity contribution in [2.45, 2.75) is 4.90 Å². The van der Waals surface area contributed by atoms with Gasteiger partial charge in [-0.25, -0.2) is 23.5 Å². The summed E-state index contributed by atoms with van der Waals surface area (Å²) in [5.74, 6) is 0.548. The van der Waals surface area contributed by atoms with Crippen molar-refractivity contribution in [1.29, 1.82) is 0 Å². The van der Waals surface area contributed by atoms with E-state index in [4.69, 9.17) is 5.14 Å². The maximum absolute atomic E-state index is 11.5. The first-order valence-corrected chi connectivity index (χ1v) is 9.34. The molecule has 0 saturated heterocycles. The van der Waals surface area contributed by atoms with Crippen LogP contribution in [0.1, 0.15) is 0 Å². The number of anilines is 2. The lowest BCUT2D eigenvalue weighted by Crippen LogP contribution is -2.12. The number of hydrogen-bond acceptors (Lipinski definition) is 5. The lowest BCUT2D eigenvalue weighted by Gasteiger charge is -2.08. The van der Waals surface area contributed by atoms with E-state index in [1.165, 1.54) is 18.5 Å². The Morgan fingerprint density at radius 2 is 1.85 bits per heavy atom. The van der Waals surface area contributed by atoms with Gasteiger partial charge in [-0.15, -0.1) is 0 Å². The van der Waals surface area contributed by atoms with E-state index in [1.54, 1.807) is 18.2 Å². The standard InChI is InChI=1S/C18H15N5O2S/c19-26(24,25)13-5-3-4-12(8-13)23-18-9-17(21-11-22-18)15-10-20-16-7-2-1-6-14(15)16/h1-11,20H,(H2,19,24,25)(H,21,22,23). The van der Waals surface area contributed by atoms with Crippen molar-refractivity contribution >= 4 is 32.4 Å². The number of nitrogens with zero attached hydrogens (tertiary/aromatic N) is 2. The summed E-state index contributed by atoms with van der Waals surface area (Å²) in [5.41, 5.74) is 3.31. The maximum atomic E-state index is 11.5. The summed E-state index contributed by atoms with van der Waals surface area (Å²) in [6.07, 6.45) is 3.36. The number of H-pyrrole nitrogens is 1.